The molecule has 8 nitrogen and oxygen atoms in total. The summed E-state index contributed by atoms with van der Waals surface area (Å²) in [4.78, 5) is 13.1. The molecule has 5 aromatic rings. The average Bonchev–Trinajstić information content (AvgIpc) is 3.47. The molecule has 0 spiro atoms. The lowest BCUT2D eigenvalue weighted by Gasteiger charge is -2.17. The minimum atomic E-state index is -3.38. The number of benzene rings is 3. The Kier molecular flexibility index (Phi) is 9.21. The van der Waals surface area contributed by atoms with Crippen LogP contribution in [0.4, 0.5) is 20.3 Å². The fourth-order valence-corrected chi connectivity index (χ4v) is 6.11. The fraction of sp³-hybridized carbons (Fsp3) is 0.233. The van der Waals surface area contributed by atoms with Crippen LogP contribution in [-0.2, 0) is 21.2 Å². The number of thiazole rings is 1. The van der Waals surface area contributed by atoms with E-state index < -0.39 is 27.2 Å². The molecule has 2 atom stereocenters. The maximum atomic E-state index is 15.2. The van der Waals surface area contributed by atoms with E-state index in [0.717, 1.165) is 0 Å². The van der Waals surface area contributed by atoms with E-state index in [9.17, 15) is 12.8 Å². The number of anilines is 2. The van der Waals surface area contributed by atoms with Crippen molar-refractivity contribution in [3.05, 3.63) is 93.5 Å². The first kappa shape index (κ1) is 30.7. The third-order valence-electron chi connectivity index (χ3n) is 6.65. The molecule has 5 rings (SSSR count). The molecule has 0 radical (unpaired) electrons. The van der Waals surface area contributed by atoms with Crippen molar-refractivity contribution in [3.63, 3.8) is 0 Å². The summed E-state index contributed by atoms with van der Waals surface area (Å²) in [6, 6.07) is 14.1. The third kappa shape index (κ3) is 7.10. The number of hydrogen-bond acceptors (Lipinski definition) is 9. The Labute approximate surface area is 256 Å². The predicted molar refractivity (Wildman–Crippen MR) is 164 cm³/mol. The minimum Gasteiger partial charge on any atom is -0.487 e. The van der Waals surface area contributed by atoms with E-state index in [0.29, 0.717) is 49.4 Å². The van der Waals surface area contributed by atoms with Gasteiger partial charge in [0.05, 0.1) is 16.2 Å². The van der Waals surface area contributed by atoms with Crippen LogP contribution in [0.3, 0.4) is 0 Å². The maximum absolute atomic E-state index is 15.2. The topological polar surface area (TPSA) is 103 Å². The lowest BCUT2D eigenvalue weighted by Crippen LogP contribution is -2.24. The Hall–Kier alpha value is -3.71. The molecule has 43 heavy (non-hydrogen) atoms. The van der Waals surface area contributed by atoms with Crippen molar-refractivity contribution in [1.82, 2.24) is 15.0 Å². The minimum absolute atomic E-state index is 0.0363. The van der Waals surface area contributed by atoms with Gasteiger partial charge in [0.1, 0.15) is 47.2 Å². The molecule has 2 aromatic heterocycles. The SMILES string of the molecule is CCS(=O)(=O)C(C)OC(C)c1nc(-c2cc3c(Nc4ccc(OCc5cccc(F)c5)c(Cl)c4)ncnc3cc2F)cs1. The highest BCUT2D eigenvalue weighted by Gasteiger charge is 2.24. The summed E-state index contributed by atoms with van der Waals surface area (Å²) in [6.07, 6.45) is 0.720. The first-order chi connectivity index (χ1) is 20.5. The van der Waals surface area contributed by atoms with Crippen molar-refractivity contribution < 1.29 is 26.7 Å². The highest BCUT2D eigenvalue weighted by Crippen LogP contribution is 2.35. The summed E-state index contributed by atoms with van der Waals surface area (Å²) < 4.78 is 64.4. The lowest BCUT2D eigenvalue weighted by atomic mass is 10.1. The van der Waals surface area contributed by atoms with Gasteiger partial charge < -0.3 is 14.8 Å². The van der Waals surface area contributed by atoms with Gasteiger partial charge in [-0.2, -0.15) is 0 Å². The molecule has 0 aliphatic heterocycles. The van der Waals surface area contributed by atoms with Crippen LogP contribution in [0.2, 0.25) is 5.02 Å². The average molecular weight is 645 g/mol. The van der Waals surface area contributed by atoms with Gasteiger partial charge in [0.2, 0.25) is 0 Å². The normalized spacial score (nSPS) is 13.2. The van der Waals surface area contributed by atoms with Crippen LogP contribution < -0.4 is 10.1 Å². The zero-order chi connectivity index (χ0) is 30.7. The van der Waals surface area contributed by atoms with E-state index in [1.165, 1.54) is 42.8 Å². The highest BCUT2D eigenvalue weighted by molar-refractivity contribution is 7.91. The molecule has 224 valence electrons. The second-order valence-electron chi connectivity index (χ2n) is 9.63. The Balaban J connectivity index is 1.36. The molecule has 3 aromatic carbocycles. The number of fused-ring (bicyclic) bond motifs is 1. The largest absolute Gasteiger partial charge is 0.487 e. The lowest BCUT2D eigenvalue weighted by molar-refractivity contribution is 0.0503. The summed E-state index contributed by atoms with van der Waals surface area (Å²) in [6.45, 7) is 4.91. The molecule has 2 heterocycles. The zero-order valence-corrected chi connectivity index (χ0v) is 25.7. The summed E-state index contributed by atoms with van der Waals surface area (Å²) >= 11 is 7.71. The molecule has 0 saturated heterocycles. The Morgan fingerprint density at radius 3 is 2.63 bits per heavy atom. The van der Waals surface area contributed by atoms with Crippen LogP contribution in [0.1, 0.15) is 37.4 Å². The van der Waals surface area contributed by atoms with Gasteiger partial charge in [0.25, 0.3) is 0 Å². The molecular weight excluding hydrogens is 618 g/mol. The van der Waals surface area contributed by atoms with E-state index in [4.69, 9.17) is 21.1 Å². The van der Waals surface area contributed by atoms with E-state index in [2.05, 4.69) is 20.3 Å². The summed E-state index contributed by atoms with van der Waals surface area (Å²) in [5, 5.41) is 6.29. The summed E-state index contributed by atoms with van der Waals surface area (Å²) in [7, 11) is -3.38. The van der Waals surface area contributed by atoms with Gasteiger partial charge in [-0.3, -0.25) is 0 Å². The van der Waals surface area contributed by atoms with Gasteiger partial charge in [0, 0.05) is 33.8 Å². The number of nitrogens with one attached hydrogen (secondary N) is 1. The monoisotopic (exact) mass is 644 g/mol. The number of halogens is 3. The molecule has 0 saturated carbocycles. The third-order valence-corrected chi connectivity index (χ3v) is 9.88. The number of sulfone groups is 1. The van der Waals surface area contributed by atoms with Gasteiger partial charge >= 0.3 is 0 Å². The van der Waals surface area contributed by atoms with Gasteiger partial charge in [-0.05, 0) is 55.8 Å². The van der Waals surface area contributed by atoms with Crippen LogP contribution in [0.5, 0.6) is 5.75 Å². The van der Waals surface area contributed by atoms with Crippen molar-refractivity contribution in [2.45, 2.75) is 38.9 Å². The number of hydrogen-bond donors (Lipinski definition) is 1. The summed E-state index contributed by atoms with van der Waals surface area (Å²) in [5.74, 6) is -0.0624. The molecule has 1 N–H and O–H groups in total. The second kappa shape index (κ2) is 12.9. The van der Waals surface area contributed by atoms with Gasteiger partial charge in [-0.1, -0.05) is 30.7 Å². The Morgan fingerprint density at radius 1 is 1.07 bits per heavy atom. The second-order valence-corrected chi connectivity index (χ2v) is 13.5. The predicted octanol–water partition coefficient (Wildman–Crippen LogP) is 7.87. The summed E-state index contributed by atoms with van der Waals surface area (Å²) in [5.41, 5.74) is 1.26. The first-order valence-electron chi connectivity index (χ1n) is 13.2. The van der Waals surface area contributed by atoms with Gasteiger partial charge in [0.15, 0.2) is 15.3 Å². The van der Waals surface area contributed by atoms with Crippen molar-refractivity contribution in [2.24, 2.45) is 0 Å². The quantitative estimate of drug-likeness (QED) is 0.155. The van der Waals surface area contributed by atoms with Gasteiger partial charge in [-0.15, -0.1) is 11.3 Å². The molecule has 0 aliphatic carbocycles. The van der Waals surface area contributed by atoms with Crippen molar-refractivity contribution in [1.29, 1.82) is 0 Å². The van der Waals surface area contributed by atoms with E-state index >= 15 is 4.39 Å². The van der Waals surface area contributed by atoms with Crippen LogP contribution in [0.25, 0.3) is 22.2 Å². The van der Waals surface area contributed by atoms with E-state index in [1.54, 1.807) is 55.6 Å². The fourth-order valence-electron chi connectivity index (χ4n) is 4.26. The Morgan fingerprint density at radius 2 is 1.88 bits per heavy atom. The molecule has 0 aliphatic rings. The highest BCUT2D eigenvalue weighted by atomic mass is 35.5. The van der Waals surface area contributed by atoms with E-state index in [-0.39, 0.29) is 23.7 Å². The van der Waals surface area contributed by atoms with Crippen molar-refractivity contribution >= 4 is 55.2 Å². The molecule has 13 heteroatoms. The van der Waals surface area contributed by atoms with Crippen molar-refractivity contribution in [2.75, 3.05) is 11.1 Å². The molecular formula is C30H27ClF2N4O4S2. The number of aromatic nitrogens is 3. The number of ether oxygens (including phenoxy) is 2. The molecule has 0 fully saturated rings. The number of nitrogens with zero attached hydrogens (tertiary/aromatic N) is 3. The van der Waals surface area contributed by atoms with Crippen LogP contribution in [0, 0.1) is 11.6 Å². The van der Waals surface area contributed by atoms with Crippen LogP contribution in [-0.4, -0.2) is 34.6 Å². The smallest absolute Gasteiger partial charge is 0.176 e. The van der Waals surface area contributed by atoms with Crippen LogP contribution >= 0.6 is 22.9 Å². The van der Waals surface area contributed by atoms with E-state index in [1.807, 2.05) is 0 Å². The van der Waals surface area contributed by atoms with Crippen molar-refractivity contribution in [3.8, 4) is 17.0 Å². The van der Waals surface area contributed by atoms with Crippen LogP contribution in [0.15, 0.2) is 66.3 Å². The van der Waals surface area contributed by atoms with Gasteiger partial charge in [-0.25, -0.2) is 32.2 Å². The Bertz CT molecular complexity index is 1890. The maximum Gasteiger partial charge on any atom is 0.176 e. The molecule has 2 unspecified atom stereocenters. The first-order valence-corrected chi connectivity index (χ1v) is 16.2. The molecule has 0 amide bonds. The standard InChI is InChI=1S/C30H27ClF2N4O4S2/c1-4-43(38,39)18(3)41-17(2)30-37-27(15-42-30)22-12-23-26(13-25(22)33)34-16-35-29(23)36-21-8-9-28(24(31)11-21)40-14-19-6-5-7-20(32)10-19/h5-13,15-18H,4,14H2,1-3H3,(H,34,35,36). The number of rotatable bonds is 11. The zero-order valence-electron chi connectivity index (χ0n) is 23.3. The molecule has 0 bridgehead atoms.